The van der Waals surface area contributed by atoms with E-state index in [1.165, 1.54) is 24.3 Å². The van der Waals surface area contributed by atoms with Gasteiger partial charge in [0.1, 0.15) is 5.69 Å². The maximum Gasteiger partial charge on any atom is 0.292 e. The molecular weight excluding hydrogens is 317 g/mol. The number of nitro groups is 1. The molecule has 0 atom stereocenters. The third-order valence-corrected chi connectivity index (χ3v) is 3.19. The van der Waals surface area contributed by atoms with Crippen LogP contribution in [0.25, 0.3) is 0 Å². The Labute approximate surface area is 137 Å². The number of nitrogens with two attached hydrogens (primary N) is 1. The molecule has 0 radical (unpaired) electrons. The molecule has 2 aromatic rings. The SMILES string of the molecule is Nc1ccc(C(=O)NCCCOc2ccccc2F)cc1[N+](=O)[O-]. The second-order valence-electron chi connectivity index (χ2n) is 4.92. The van der Waals surface area contributed by atoms with E-state index in [-0.39, 0.29) is 35.8 Å². The second-order valence-corrected chi connectivity index (χ2v) is 4.92. The third kappa shape index (κ3) is 4.42. The minimum Gasteiger partial charge on any atom is -0.490 e. The molecule has 1 amide bonds. The number of ether oxygens (including phenoxy) is 1. The first-order valence-electron chi connectivity index (χ1n) is 7.18. The van der Waals surface area contributed by atoms with Crippen LogP contribution in [0.15, 0.2) is 42.5 Å². The van der Waals surface area contributed by atoms with E-state index >= 15 is 0 Å². The van der Waals surface area contributed by atoms with Gasteiger partial charge in [0.2, 0.25) is 0 Å². The molecule has 2 aromatic carbocycles. The summed E-state index contributed by atoms with van der Waals surface area (Å²) in [5.74, 6) is -0.752. The van der Waals surface area contributed by atoms with E-state index in [1.807, 2.05) is 0 Å². The number of nitrogens with zero attached hydrogens (tertiary/aromatic N) is 1. The van der Waals surface area contributed by atoms with Crippen LogP contribution >= 0.6 is 0 Å². The Morgan fingerprint density at radius 2 is 2.04 bits per heavy atom. The van der Waals surface area contributed by atoms with Crippen LogP contribution in [0.1, 0.15) is 16.8 Å². The zero-order valence-corrected chi connectivity index (χ0v) is 12.7. The lowest BCUT2D eigenvalue weighted by molar-refractivity contribution is -0.383. The molecule has 0 saturated carbocycles. The Morgan fingerprint density at radius 1 is 1.29 bits per heavy atom. The second kappa shape index (κ2) is 7.91. The van der Waals surface area contributed by atoms with Crippen molar-refractivity contribution in [3.63, 3.8) is 0 Å². The minimum atomic E-state index is -0.644. The minimum absolute atomic E-state index is 0.00478. The fraction of sp³-hybridized carbons (Fsp3) is 0.188. The monoisotopic (exact) mass is 333 g/mol. The Kier molecular flexibility index (Phi) is 5.67. The van der Waals surface area contributed by atoms with Gasteiger partial charge < -0.3 is 15.8 Å². The molecule has 0 aliphatic rings. The topological polar surface area (TPSA) is 107 Å². The molecule has 0 spiro atoms. The molecule has 0 aliphatic carbocycles. The molecule has 0 unspecified atom stereocenters. The number of halogens is 1. The van der Waals surface area contributed by atoms with Crippen molar-refractivity contribution < 1.29 is 18.8 Å². The maximum atomic E-state index is 13.3. The smallest absolute Gasteiger partial charge is 0.292 e. The summed E-state index contributed by atoms with van der Waals surface area (Å²) >= 11 is 0. The van der Waals surface area contributed by atoms with Crippen LogP contribution in [-0.4, -0.2) is 24.0 Å². The molecule has 0 saturated heterocycles. The van der Waals surface area contributed by atoms with E-state index in [2.05, 4.69) is 5.32 Å². The van der Waals surface area contributed by atoms with Gasteiger partial charge in [-0.15, -0.1) is 0 Å². The number of amides is 1. The van der Waals surface area contributed by atoms with Crippen molar-refractivity contribution in [1.29, 1.82) is 0 Å². The van der Waals surface area contributed by atoms with Gasteiger partial charge in [-0.25, -0.2) is 4.39 Å². The number of hydrogen-bond acceptors (Lipinski definition) is 5. The number of nitrogen functional groups attached to an aromatic ring is 1. The fourth-order valence-corrected chi connectivity index (χ4v) is 1.96. The first-order valence-corrected chi connectivity index (χ1v) is 7.18. The predicted molar refractivity (Wildman–Crippen MR) is 86.4 cm³/mol. The van der Waals surface area contributed by atoms with Gasteiger partial charge in [0, 0.05) is 18.2 Å². The lowest BCUT2D eigenvalue weighted by Gasteiger charge is -2.08. The normalized spacial score (nSPS) is 10.2. The molecule has 0 fully saturated rings. The zero-order chi connectivity index (χ0) is 17.5. The van der Waals surface area contributed by atoms with Crippen LogP contribution in [-0.2, 0) is 0 Å². The van der Waals surface area contributed by atoms with Crippen molar-refractivity contribution in [1.82, 2.24) is 5.32 Å². The lowest BCUT2D eigenvalue weighted by atomic mass is 10.1. The lowest BCUT2D eigenvalue weighted by Crippen LogP contribution is -2.25. The van der Waals surface area contributed by atoms with Gasteiger partial charge in [-0.3, -0.25) is 14.9 Å². The molecular formula is C16H16FN3O4. The summed E-state index contributed by atoms with van der Waals surface area (Å²) in [6.45, 7) is 0.508. The van der Waals surface area contributed by atoms with Gasteiger partial charge in [-0.2, -0.15) is 0 Å². The number of nitrogens with one attached hydrogen (secondary N) is 1. The van der Waals surface area contributed by atoms with Crippen molar-refractivity contribution in [2.75, 3.05) is 18.9 Å². The number of hydrogen-bond donors (Lipinski definition) is 2. The van der Waals surface area contributed by atoms with Crippen LogP contribution in [0.4, 0.5) is 15.8 Å². The molecule has 0 aromatic heterocycles. The largest absolute Gasteiger partial charge is 0.490 e. The molecule has 8 heteroatoms. The zero-order valence-electron chi connectivity index (χ0n) is 12.7. The molecule has 126 valence electrons. The third-order valence-electron chi connectivity index (χ3n) is 3.19. The van der Waals surface area contributed by atoms with E-state index in [9.17, 15) is 19.3 Å². The summed E-state index contributed by atoms with van der Waals surface area (Å²) in [6.07, 6.45) is 0.455. The molecule has 24 heavy (non-hydrogen) atoms. The highest BCUT2D eigenvalue weighted by atomic mass is 19.1. The van der Waals surface area contributed by atoms with Gasteiger partial charge in [-0.1, -0.05) is 12.1 Å². The quantitative estimate of drug-likeness (QED) is 0.350. The first-order chi connectivity index (χ1) is 11.5. The summed E-state index contributed by atoms with van der Waals surface area (Å²) in [5.41, 5.74) is 5.30. The number of rotatable bonds is 7. The average molecular weight is 333 g/mol. The van der Waals surface area contributed by atoms with Gasteiger partial charge in [0.05, 0.1) is 11.5 Å². The van der Waals surface area contributed by atoms with Gasteiger partial charge >= 0.3 is 0 Å². The summed E-state index contributed by atoms with van der Waals surface area (Å²) in [5, 5.41) is 13.4. The van der Waals surface area contributed by atoms with Crippen molar-refractivity contribution in [3.05, 3.63) is 64.0 Å². The Bertz CT molecular complexity index is 752. The van der Waals surface area contributed by atoms with E-state index in [0.29, 0.717) is 6.42 Å². The Balaban J connectivity index is 1.80. The summed E-state index contributed by atoms with van der Waals surface area (Å²) in [6, 6.07) is 9.89. The van der Waals surface area contributed by atoms with E-state index in [1.54, 1.807) is 12.1 Å². The number of para-hydroxylation sites is 1. The summed E-state index contributed by atoms with van der Waals surface area (Å²) < 4.78 is 18.6. The van der Waals surface area contributed by atoms with Crippen LogP contribution in [0.2, 0.25) is 0 Å². The number of benzene rings is 2. The van der Waals surface area contributed by atoms with E-state index < -0.39 is 16.6 Å². The van der Waals surface area contributed by atoms with Crippen molar-refractivity contribution >= 4 is 17.3 Å². The van der Waals surface area contributed by atoms with Gasteiger partial charge in [0.25, 0.3) is 11.6 Å². The Hall–Kier alpha value is -3.16. The number of nitro benzene ring substituents is 1. The molecule has 0 bridgehead atoms. The highest BCUT2D eigenvalue weighted by Gasteiger charge is 2.15. The van der Waals surface area contributed by atoms with Gasteiger partial charge in [-0.05, 0) is 30.7 Å². The highest BCUT2D eigenvalue weighted by molar-refractivity contribution is 5.95. The number of carbonyl (C=O) groups excluding carboxylic acids is 1. The molecule has 3 N–H and O–H groups in total. The van der Waals surface area contributed by atoms with E-state index in [0.717, 1.165) is 6.07 Å². The number of anilines is 1. The van der Waals surface area contributed by atoms with Crippen LogP contribution in [0.5, 0.6) is 5.75 Å². The van der Waals surface area contributed by atoms with Crippen LogP contribution in [0, 0.1) is 15.9 Å². The highest BCUT2D eigenvalue weighted by Crippen LogP contribution is 2.22. The van der Waals surface area contributed by atoms with Crippen molar-refractivity contribution in [2.24, 2.45) is 0 Å². The maximum absolute atomic E-state index is 13.3. The Morgan fingerprint density at radius 3 is 2.75 bits per heavy atom. The van der Waals surface area contributed by atoms with Crippen LogP contribution in [0.3, 0.4) is 0 Å². The van der Waals surface area contributed by atoms with Gasteiger partial charge in [0.15, 0.2) is 11.6 Å². The fourth-order valence-electron chi connectivity index (χ4n) is 1.96. The summed E-state index contributed by atoms with van der Waals surface area (Å²) in [7, 11) is 0. The molecule has 2 rings (SSSR count). The standard InChI is InChI=1S/C16H16FN3O4/c17-12-4-1-2-5-15(12)24-9-3-8-19-16(21)11-6-7-13(18)14(10-11)20(22)23/h1-2,4-7,10H,3,8-9,18H2,(H,19,21). The molecule has 0 aliphatic heterocycles. The van der Waals surface area contributed by atoms with Crippen LogP contribution < -0.4 is 15.8 Å². The summed E-state index contributed by atoms with van der Waals surface area (Å²) in [4.78, 5) is 22.1. The predicted octanol–water partition coefficient (Wildman–Crippen LogP) is 2.52. The average Bonchev–Trinajstić information content (AvgIpc) is 2.56. The van der Waals surface area contributed by atoms with Crippen molar-refractivity contribution in [2.45, 2.75) is 6.42 Å². The first kappa shape index (κ1) is 17.2. The number of carbonyl (C=O) groups is 1. The van der Waals surface area contributed by atoms with Crippen molar-refractivity contribution in [3.8, 4) is 5.75 Å². The molecule has 0 heterocycles. The van der Waals surface area contributed by atoms with E-state index in [4.69, 9.17) is 10.5 Å². The molecule has 7 nitrogen and oxygen atoms in total.